The van der Waals surface area contributed by atoms with Crippen LogP contribution in [-0.2, 0) is 0 Å². The van der Waals surface area contributed by atoms with Gasteiger partial charge in [-0.15, -0.1) is 0 Å². The first-order valence-electron chi connectivity index (χ1n) is 9.25. The van der Waals surface area contributed by atoms with Gasteiger partial charge in [0.2, 0.25) is 0 Å². The molecule has 0 aliphatic heterocycles. The molecular weight excluding hydrogens is 354 g/mol. The average molecular weight is 377 g/mol. The number of benzene rings is 2. The van der Waals surface area contributed by atoms with Crippen LogP contribution in [0, 0.1) is 0 Å². The number of carbonyl (C=O) groups excluding carboxylic acids is 1. The molecule has 2 aromatic carbocycles. The SMILES string of the molecule is CCN(CC)c1ccc(C=CC(=O)c2cc3cccc(OC)c3oc2=O)cc1. The van der Waals surface area contributed by atoms with E-state index in [1.807, 2.05) is 24.3 Å². The summed E-state index contributed by atoms with van der Waals surface area (Å²) >= 11 is 0. The van der Waals surface area contributed by atoms with E-state index < -0.39 is 11.4 Å². The van der Waals surface area contributed by atoms with Crippen LogP contribution in [0.5, 0.6) is 5.75 Å². The van der Waals surface area contributed by atoms with E-state index in [9.17, 15) is 9.59 Å². The standard InChI is InChI=1S/C23H23NO4/c1-4-24(5-2)18-12-9-16(10-13-18)11-14-20(25)19-15-17-7-6-8-21(27-3)22(17)28-23(19)26/h6-15H,4-5H2,1-3H3. The number of hydrogen-bond acceptors (Lipinski definition) is 5. The molecule has 0 bridgehead atoms. The molecule has 3 rings (SSSR count). The van der Waals surface area contributed by atoms with E-state index in [1.165, 1.54) is 13.2 Å². The maximum Gasteiger partial charge on any atom is 0.347 e. The third kappa shape index (κ3) is 3.98. The van der Waals surface area contributed by atoms with E-state index in [-0.39, 0.29) is 5.56 Å². The Hall–Kier alpha value is -3.34. The summed E-state index contributed by atoms with van der Waals surface area (Å²) in [7, 11) is 1.50. The largest absolute Gasteiger partial charge is 0.493 e. The minimum atomic E-state index is -0.677. The van der Waals surface area contributed by atoms with Gasteiger partial charge in [0.05, 0.1) is 7.11 Å². The zero-order valence-corrected chi connectivity index (χ0v) is 16.3. The summed E-state index contributed by atoms with van der Waals surface area (Å²) < 4.78 is 10.5. The molecule has 0 saturated heterocycles. The molecule has 3 aromatic rings. The van der Waals surface area contributed by atoms with Crippen LogP contribution >= 0.6 is 0 Å². The van der Waals surface area contributed by atoms with E-state index >= 15 is 0 Å². The molecular formula is C23H23NO4. The van der Waals surface area contributed by atoms with Crippen molar-refractivity contribution in [2.24, 2.45) is 0 Å². The van der Waals surface area contributed by atoms with Gasteiger partial charge in [0, 0.05) is 24.2 Å². The van der Waals surface area contributed by atoms with Gasteiger partial charge in [-0.25, -0.2) is 4.79 Å². The van der Waals surface area contributed by atoms with Gasteiger partial charge in [-0.05, 0) is 49.8 Å². The number of rotatable bonds is 7. The fourth-order valence-electron chi connectivity index (χ4n) is 3.10. The van der Waals surface area contributed by atoms with Crippen molar-refractivity contribution in [2.75, 3.05) is 25.1 Å². The van der Waals surface area contributed by atoms with Gasteiger partial charge in [0.15, 0.2) is 17.1 Å². The Labute approximate surface area is 163 Å². The van der Waals surface area contributed by atoms with Crippen LogP contribution in [0.25, 0.3) is 17.0 Å². The van der Waals surface area contributed by atoms with E-state index in [4.69, 9.17) is 9.15 Å². The Balaban J connectivity index is 1.84. The van der Waals surface area contributed by atoms with Crippen LogP contribution in [0.3, 0.4) is 0 Å². The first-order chi connectivity index (χ1) is 13.6. The van der Waals surface area contributed by atoms with Gasteiger partial charge >= 0.3 is 5.63 Å². The van der Waals surface area contributed by atoms with Crippen molar-refractivity contribution < 1.29 is 13.9 Å². The predicted octanol–water partition coefficient (Wildman–Crippen LogP) is 4.54. The number of fused-ring (bicyclic) bond motifs is 1. The lowest BCUT2D eigenvalue weighted by atomic mass is 10.1. The number of allylic oxidation sites excluding steroid dienone is 1. The van der Waals surface area contributed by atoms with Gasteiger partial charge in [0.1, 0.15) is 5.56 Å². The fourth-order valence-corrected chi connectivity index (χ4v) is 3.10. The van der Waals surface area contributed by atoms with Gasteiger partial charge in [-0.3, -0.25) is 4.79 Å². The molecule has 0 N–H and O–H groups in total. The molecule has 0 atom stereocenters. The second-order valence-electron chi connectivity index (χ2n) is 6.29. The van der Waals surface area contributed by atoms with Crippen LogP contribution < -0.4 is 15.3 Å². The monoisotopic (exact) mass is 377 g/mol. The highest BCUT2D eigenvalue weighted by atomic mass is 16.5. The molecule has 1 aromatic heterocycles. The lowest BCUT2D eigenvalue weighted by Crippen LogP contribution is -2.21. The Morgan fingerprint density at radius 2 is 1.82 bits per heavy atom. The van der Waals surface area contributed by atoms with Gasteiger partial charge in [0.25, 0.3) is 0 Å². The smallest absolute Gasteiger partial charge is 0.347 e. The summed E-state index contributed by atoms with van der Waals surface area (Å²) in [5.41, 5.74) is 1.68. The van der Waals surface area contributed by atoms with Crippen molar-refractivity contribution in [1.82, 2.24) is 0 Å². The number of ether oxygens (including phenoxy) is 1. The number of methoxy groups -OCH3 is 1. The molecule has 28 heavy (non-hydrogen) atoms. The number of anilines is 1. The van der Waals surface area contributed by atoms with Crippen LogP contribution in [0.1, 0.15) is 29.8 Å². The Morgan fingerprint density at radius 1 is 1.11 bits per heavy atom. The van der Waals surface area contributed by atoms with Crippen LogP contribution in [-0.4, -0.2) is 26.0 Å². The molecule has 0 radical (unpaired) electrons. The maximum atomic E-state index is 12.5. The fraction of sp³-hybridized carbons (Fsp3) is 0.217. The predicted molar refractivity (Wildman–Crippen MR) is 112 cm³/mol. The Kier molecular flexibility index (Phi) is 5.94. The van der Waals surface area contributed by atoms with Crippen molar-refractivity contribution in [2.45, 2.75) is 13.8 Å². The molecule has 1 heterocycles. The van der Waals surface area contributed by atoms with Crippen molar-refractivity contribution in [3.8, 4) is 5.75 Å². The van der Waals surface area contributed by atoms with Crippen LogP contribution in [0.15, 0.2) is 63.8 Å². The van der Waals surface area contributed by atoms with Crippen molar-refractivity contribution in [1.29, 1.82) is 0 Å². The van der Waals surface area contributed by atoms with Crippen LogP contribution in [0.4, 0.5) is 5.69 Å². The Morgan fingerprint density at radius 3 is 2.46 bits per heavy atom. The lowest BCUT2D eigenvalue weighted by Gasteiger charge is -2.20. The second kappa shape index (κ2) is 8.57. The first kappa shape index (κ1) is 19.4. The highest BCUT2D eigenvalue weighted by molar-refractivity contribution is 6.08. The number of ketones is 1. The molecule has 5 heteroatoms. The van der Waals surface area contributed by atoms with E-state index in [1.54, 1.807) is 30.3 Å². The molecule has 5 nitrogen and oxygen atoms in total. The third-order valence-electron chi connectivity index (χ3n) is 4.66. The Bertz CT molecular complexity index is 1060. The number of carbonyl (C=O) groups is 1. The normalized spacial score (nSPS) is 11.1. The topological polar surface area (TPSA) is 59.8 Å². The lowest BCUT2D eigenvalue weighted by molar-refractivity contribution is 0.104. The zero-order valence-electron chi connectivity index (χ0n) is 16.3. The van der Waals surface area contributed by atoms with Gasteiger partial charge in [-0.2, -0.15) is 0 Å². The van der Waals surface area contributed by atoms with Crippen molar-refractivity contribution in [3.05, 3.63) is 76.2 Å². The number of hydrogen-bond donors (Lipinski definition) is 0. The van der Waals surface area contributed by atoms with Gasteiger partial charge < -0.3 is 14.1 Å². The minimum Gasteiger partial charge on any atom is -0.493 e. The van der Waals surface area contributed by atoms with E-state index in [0.29, 0.717) is 16.7 Å². The maximum absolute atomic E-state index is 12.5. The molecule has 144 valence electrons. The summed E-state index contributed by atoms with van der Waals surface area (Å²) in [4.78, 5) is 27.0. The molecule has 0 unspecified atom stereocenters. The summed E-state index contributed by atoms with van der Waals surface area (Å²) in [6.45, 7) is 6.10. The summed E-state index contributed by atoms with van der Waals surface area (Å²) in [5.74, 6) is 0.0590. The molecule has 0 aliphatic rings. The number of nitrogens with zero attached hydrogens (tertiary/aromatic N) is 1. The highest BCUT2D eigenvalue weighted by Crippen LogP contribution is 2.24. The number of para-hydroxylation sites is 1. The highest BCUT2D eigenvalue weighted by Gasteiger charge is 2.13. The summed E-state index contributed by atoms with van der Waals surface area (Å²) in [5, 5.41) is 0.638. The first-order valence-corrected chi connectivity index (χ1v) is 9.25. The summed E-state index contributed by atoms with van der Waals surface area (Å²) in [6, 6.07) is 14.7. The molecule has 0 fully saturated rings. The molecule has 0 spiro atoms. The average Bonchev–Trinajstić information content (AvgIpc) is 2.73. The van der Waals surface area contributed by atoms with E-state index in [0.717, 1.165) is 24.3 Å². The molecule has 0 aliphatic carbocycles. The molecule has 0 saturated carbocycles. The second-order valence-corrected chi connectivity index (χ2v) is 6.29. The van der Waals surface area contributed by atoms with Crippen molar-refractivity contribution >= 4 is 28.5 Å². The quantitative estimate of drug-likeness (QED) is 0.344. The summed E-state index contributed by atoms with van der Waals surface area (Å²) in [6.07, 6.45) is 3.09. The zero-order chi connectivity index (χ0) is 20.1. The minimum absolute atomic E-state index is 0.00300. The van der Waals surface area contributed by atoms with Crippen LogP contribution in [0.2, 0.25) is 0 Å². The van der Waals surface area contributed by atoms with Crippen molar-refractivity contribution in [3.63, 3.8) is 0 Å². The third-order valence-corrected chi connectivity index (χ3v) is 4.66. The molecule has 0 amide bonds. The van der Waals surface area contributed by atoms with E-state index in [2.05, 4.69) is 18.7 Å². The van der Waals surface area contributed by atoms with Gasteiger partial charge in [-0.1, -0.05) is 30.3 Å².